The molecule has 0 atom stereocenters. The molecule has 0 bridgehead atoms. The summed E-state index contributed by atoms with van der Waals surface area (Å²) in [5.41, 5.74) is 15.6. The third-order valence-electron chi connectivity index (χ3n) is 9.54. The average molecular weight is 855 g/mol. The van der Waals surface area contributed by atoms with Gasteiger partial charge in [0.1, 0.15) is 36.2 Å². The highest BCUT2D eigenvalue weighted by Gasteiger charge is 2.18. The number of esters is 4. The molecule has 0 saturated carbocycles. The Balaban J connectivity index is 1.08. The normalized spacial score (nSPS) is 11.5. The highest BCUT2D eigenvalue weighted by Crippen LogP contribution is 2.24. The molecule has 0 aliphatic heterocycles. The maximum Gasteiger partial charge on any atom is 0.343 e. The molecule has 0 unspecified atom stereocenters. The number of hydrogen-bond donors (Lipinski definition) is 2. The lowest BCUT2D eigenvalue weighted by Crippen LogP contribution is -2.19. The molecule has 328 valence electrons. The number of hydrogen-bond acceptors (Lipinski definition) is 12. The van der Waals surface area contributed by atoms with Crippen molar-refractivity contribution in [3.8, 4) is 23.0 Å². The molecule has 0 aliphatic rings. The summed E-state index contributed by atoms with van der Waals surface area (Å²) >= 11 is 0. The number of carbonyl (C=O) groups excluding carboxylic acids is 4. The molecular formula is C51H54N2O10. The molecule has 12 heteroatoms. The van der Waals surface area contributed by atoms with Crippen molar-refractivity contribution in [3.63, 3.8) is 0 Å². The molecule has 0 heterocycles. The van der Waals surface area contributed by atoms with Crippen LogP contribution in [0.2, 0.25) is 0 Å². The quantitative estimate of drug-likeness (QED) is 0.0209. The molecule has 0 aromatic heterocycles. The third kappa shape index (κ3) is 16.2. The summed E-state index contributed by atoms with van der Waals surface area (Å²) in [5, 5.41) is 0. The second-order valence-electron chi connectivity index (χ2n) is 14.6. The van der Waals surface area contributed by atoms with Gasteiger partial charge in [0.2, 0.25) is 0 Å². The highest BCUT2D eigenvalue weighted by atomic mass is 16.6. The van der Waals surface area contributed by atoms with Crippen LogP contribution in [0, 0.1) is 0 Å². The number of carbonyl (C=O) groups is 4. The van der Waals surface area contributed by atoms with Gasteiger partial charge in [-0.15, -0.1) is 0 Å². The molecule has 0 aliphatic carbocycles. The van der Waals surface area contributed by atoms with E-state index in [1.807, 2.05) is 0 Å². The monoisotopic (exact) mass is 854 g/mol. The summed E-state index contributed by atoms with van der Waals surface area (Å²) < 4.78 is 33.5. The van der Waals surface area contributed by atoms with E-state index in [9.17, 15) is 19.2 Å². The van der Waals surface area contributed by atoms with E-state index in [1.165, 1.54) is 12.2 Å². The molecule has 4 N–H and O–H groups in total. The second kappa shape index (κ2) is 24.8. The number of nitrogens with two attached hydrogens (primary N) is 2. The van der Waals surface area contributed by atoms with E-state index in [4.69, 9.17) is 39.9 Å². The van der Waals surface area contributed by atoms with Crippen LogP contribution in [0.4, 0.5) is 11.4 Å². The Labute approximate surface area is 368 Å². The molecule has 5 aromatic carbocycles. The first kappa shape index (κ1) is 46.7. The summed E-state index contributed by atoms with van der Waals surface area (Å²) in [6, 6.07) is 31.8. The lowest BCUT2D eigenvalue weighted by atomic mass is 9.99. The average Bonchev–Trinajstić information content (AvgIpc) is 3.29. The number of rotatable bonds is 23. The predicted molar refractivity (Wildman–Crippen MR) is 244 cm³/mol. The van der Waals surface area contributed by atoms with Gasteiger partial charge in [-0.1, -0.05) is 63.8 Å². The molecule has 0 fully saturated rings. The first-order chi connectivity index (χ1) is 30.6. The SMILES string of the molecule is CCCCCOc1ccc(C(=O)Oc2ccc(C=CC(=O)OCC(COC(=O)C=Cc3ccc(OC(=O)c4ccc(OCCCCC)cc4)cc3)c3cc(N)cc(N)c3)cc2)cc1. The Bertz CT molecular complexity index is 2140. The highest BCUT2D eigenvalue weighted by molar-refractivity contribution is 5.92. The fourth-order valence-electron chi connectivity index (χ4n) is 6.05. The Morgan fingerprint density at radius 2 is 0.889 bits per heavy atom. The van der Waals surface area contributed by atoms with E-state index in [0.717, 1.165) is 38.5 Å². The molecule has 5 aromatic rings. The van der Waals surface area contributed by atoms with E-state index in [-0.39, 0.29) is 13.2 Å². The molecule has 12 nitrogen and oxygen atoms in total. The van der Waals surface area contributed by atoms with E-state index in [1.54, 1.807) is 127 Å². The van der Waals surface area contributed by atoms with Crippen LogP contribution in [-0.2, 0) is 19.1 Å². The van der Waals surface area contributed by atoms with Crippen molar-refractivity contribution >= 4 is 47.4 Å². The number of anilines is 2. The topological polar surface area (TPSA) is 176 Å². The van der Waals surface area contributed by atoms with E-state index in [0.29, 0.717) is 75.4 Å². The Morgan fingerprint density at radius 3 is 1.27 bits per heavy atom. The van der Waals surface area contributed by atoms with Crippen LogP contribution < -0.4 is 30.4 Å². The van der Waals surface area contributed by atoms with Crippen LogP contribution in [-0.4, -0.2) is 50.3 Å². The van der Waals surface area contributed by atoms with Crippen molar-refractivity contribution in [2.75, 3.05) is 37.9 Å². The van der Waals surface area contributed by atoms with E-state index >= 15 is 0 Å². The molecule has 0 amide bonds. The van der Waals surface area contributed by atoms with Gasteiger partial charge in [0.15, 0.2) is 0 Å². The van der Waals surface area contributed by atoms with Crippen LogP contribution >= 0.6 is 0 Å². The maximum atomic E-state index is 12.8. The van der Waals surface area contributed by atoms with Gasteiger partial charge < -0.3 is 39.9 Å². The van der Waals surface area contributed by atoms with Crippen molar-refractivity contribution in [2.24, 2.45) is 0 Å². The van der Waals surface area contributed by atoms with Crippen molar-refractivity contribution in [1.29, 1.82) is 0 Å². The fourth-order valence-corrected chi connectivity index (χ4v) is 6.05. The van der Waals surface area contributed by atoms with Gasteiger partial charge in [0.05, 0.1) is 30.3 Å². The Hall–Kier alpha value is -7.34. The van der Waals surface area contributed by atoms with Gasteiger partial charge >= 0.3 is 23.9 Å². The van der Waals surface area contributed by atoms with Crippen LogP contribution in [0.15, 0.2) is 127 Å². The van der Waals surface area contributed by atoms with Crippen LogP contribution in [0.3, 0.4) is 0 Å². The molecule has 63 heavy (non-hydrogen) atoms. The summed E-state index contributed by atoms with van der Waals surface area (Å²) in [5.74, 6) is -0.802. The number of unbranched alkanes of at least 4 members (excludes halogenated alkanes) is 4. The number of ether oxygens (including phenoxy) is 6. The molecule has 0 spiro atoms. The summed E-state index contributed by atoms with van der Waals surface area (Å²) in [7, 11) is 0. The maximum absolute atomic E-state index is 12.8. The third-order valence-corrected chi connectivity index (χ3v) is 9.54. The minimum Gasteiger partial charge on any atom is -0.494 e. The van der Waals surface area contributed by atoms with Crippen LogP contribution in [0.5, 0.6) is 23.0 Å². The van der Waals surface area contributed by atoms with Gasteiger partial charge in [0.25, 0.3) is 0 Å². The molecular weight excluding hydrogens is 801 g/mol. The van der Waals surface area contributed by atoms with Crippen molar-refractivity contribution < 1.29 is 47.6 Å². The van der Waals surface area contributed by atoms with Gasteiger partial charge in [0, 0.05) is 23.5 Å². The lowest BCUT2D eigenvalue weighted by Gasteiger charge is -2.18. The largest absolute Gasteiger partial charge is 0.494 e. The standard InChI is InChI=1S/C51H54N2O10/c1-3-5-7-29-58-44-23-15-38(16-24-44)50(56)62-46-19-9-36(10-20-46)13-27-48(54)60-34-41(40-31-42(52)33-43(53)32-40)35-61-49(55)28-14-37-11-21-47(22-12-37)63-51(57)39-17-25-45(26-18-39)59-30-8-6-4-2/h9-28,31-33,41H,3-8,29-30,34-35,52-53H2,1-2H3. The minimum atomic E-state index is -0.633. The lowest BCUT2D eigenvalue weighted by molar-refractivity contribution is -0.141. The first-order valence-corrected chi connectivity index (χ1v) is 21.0. The van der Waals surface area contributed by atoms with Gasteiger partial charge in [-0.3, -0.25) is 0 Å². The van der Waals surface area contributed by atoms with Crippen molar-refractivity contribution in [1.82, 2.24) is 0 Å². The number of benzene rings is 5. The van der Waals surface area contributed by atoms with Gasteiger partial charge in [-0.25, -0.2) is 19.2 Å². The Morgan fingerprint density at radius 1 is 0.508 bits per heavy atom. The zero-order valence-electron chi connectivity index (χ0n) is 35.7. The van der Waals surface area contributed by atoms with Crippen molar-refractivity contribution in [2.45, 2.75) is 58.3 Å². The summed E-state index contributed by atoms with van der Waals surface area (Å²) in [6.45, 7) is 5.24. The zero-order valence-corrected chi connectivity index (χ0v) is 35.7. The van der Waals surface area contributed by atoms with Gasteiger partial charge in [-0.2, -0.15) is 0 Å². The zero-order chi connectivity index (χ0) is 44.8. The number of nitrogen functional groups attached to an aromatic ring is 2. The Kier molecular flexibility index (Phi) is 18.4. The predicted octanol–water partition coefficient (Wildman–Crippen LogP) is 10.0. The van der Waals surface area contributed by atoms with Crippen LogP contribution in [0.1, 0.15) is 95.7 Å². The van der Waals surface area contributed by atoms with Crippen molar-refractivity contribution in [3.05, 3.63) is 155 Å². The molecule has 5 rings (SSSR count). The summed E-state index contributed by atoms with van der Waals surface area (Å²) in [4.78, 5) is 50.9. The minimum absolute atomic E-state index is 0.138. The molecule has 0 saturated heterocycles. The second-order valence-corrected chi connectivity index (χ2v) is 14.6. The first-order valence-electron chi connectivity index (χ1n) is 21.0. The smallest absolute Gasteiger partial charge is 0.343 e. The fraction of sp³-hybridized carbons (Fsp3) is 0.255. The van der Waals surface area contributed by atoms with Crippen LogP contribution in [0.25, 0.3) is 12.2 Å². The van der Waals surface area contributed by atoms with E-state index < -0.39 is 29.8 Å². The van der Waals surface area contributed by atoms with E-state index in [2.05, 4.69) is 13.8 Å². The molecule has 0 radical (unpaired) electrons. The van der Waals surface area contributed by atoms with Gasteiger partial charge in [-0.05, 0) is 133 Å². The summed E-state index contributed by atoms with van der Waals surface area (Å²) in [6.07, 6.45) is 12.0.